The van der Waals surface area contributed by atoms with Crippen molar-refractivity contribution in [2.24, 2.45) is 0 Å². The van der Waals surface area contributed by atoms with Gasteiger partial charge in [-0.15, -0.1) is 19.2 Å². The number of thiol groups is 1. The Morgan fingerprint density at radius 1 is 1.15 bits per heavy atom. The first-order valence-corrected chi connectivity index (χ1v) is 9.03. The molecule has 1 heterocycles. The third-order valence-electron chi connectivity index (χ3n) is 4.37. The molecule has 3 aromatic rings. The average molecular weight is 359 g/mol. The molecule has 3 heteroatoms. The van der Waals surface area contributed by atoms with E-state index in [0.29, 0.717) is 0 Å². The number of allylic oxidation sites excluding steroid dienone is 2. The predicted octanol–water partition coefficient (Wildman–Crippen LogP) is 4.71. The Balaban J connectivity index is 2.22. The lowest BCUT2D eigenvalue weighted by Crippen LogP contribution is -2.28. The molecule has 0 amide bonds. The highest BCUT2D eigenvalue weighted by atomic mass is 32.1. The summed E-state index contributed by atoms with van der Waals surface area (Å²) in [6.45, 7) is 5.77. The van der Waals surface area contributed by atoms with Crippen LogP contribution in [0.3, 0.4) is 0 Å². The fraction of sp³-hybridized carbons (Fsp3) is 0.0870. The molecule has 3 rings (SSSR count). The van der Waals surface area contributed by atoms with Gasteiger partial charge in [-0.2, -0.15) is 0 Å². The molecule has 0 aliphatic carbocycles. The highest BCUT2D eigenvalue weighted by Crippen LogP contribution is 2.22. The molecule has 0 fully saturated rings. The summed E-state index contributed by atoms with van der Waals surface area (Å²) in [5.74, 6) is 0. The maximum Gasteiger partial charge on any atom is 0.0540 e. The molecule has 2 aromatic carbocycles. The van der Waals surface area contributed by atoms with Gasteiger partial charge in [0.1, 0.15) is 0 Å². The van der Waals surface area contributed by atoms with Gasteiger partial charge in [0.05, 0.1) is 5.52 Å². The van der Waals surface area contributed by atoms with Crippen molar-refractivity contribution in [2.75, 3.05) is 0 Å². The van der Waals surface area contributed by atoms with Crippen LogP contribution in [0.25, 0.3) is 33.6 Å². The topological polar surface area (TPSA) is 28.8 Å². The van der Waals surface area contributed by atoms with Crippen LogP contribution >= 0.6 is 12.6 Å². The van der Waals surface area contributed by atoms with E-state index in [-0.39, 0.29) is 0 Å². The van der Waals surface area contributed by atoms with Gasteiger partial charge in [-0.25, -0.2) is 0 Å². The molecule has 2 nitrogen and oxygen atoms in total. The van der Waals surface area contributed by atoms with E-state index in [1.165, 1.54) is 6.21 Å². The van der Waals surface area contributed by atoms with Gasteiger partial charge in [0.25, 0.3) is 0 Å². The Morgan fingerprint density at radius 2 is 1.88 bits per heavy atom. The molecule has 0 atom stereocenters. The van der Waals surface area contributed by atoms with Crippen LogP contribution in [0.4, 0.5) is 0 Å². The van der Waals surface area contributed by atoms with Crippen molar-refractivity contribution in [3.05, 3.63) is 83.4 Å². The van der Waals surface area contributed by atoms with Gasteiger partial charge >= 0.3 is 0 Å². The van der Waals surface area contributed by atoms with E-state index >= 15 is 0 Å². The minimum absolute atomic E-state index is 0.806. The van der Waals surface area contributed by atoms with E-state index in [4.69, 9.17) is 5.41 Å². The van der Waals surface area contributed by atoms with Crippen molar-refractivity contribution in [1.29, 1.82) is 5.41 Å². The van der Waals surface area contributed by atoms with E-state index in [0.717, 1.165) is 44.0 Å². The summed E-state index contributed by atoms with van der Waals surface area (Å²) >= 11 is 4.58. The van der Waals surface area contributed by atoms with Gasteiger partial charge in [-0.3, -0.25) is 0 Å². The molecule has 0 saturated carbocycles. The third-order valence-corrected chi connectivity index (χ3v) is 4.82. The summed E-state index contributed by atoms with van der Waals surface area (Å²) in [6.07, 6.45) is 10.0. The van der Waals surface area contributed by atoms with E-state index in [9.17, 15) is 0 Å². The number of hydrogen-bond donors (Lipinski definition) is 2. The first-order chi connectivity index (χ1) is 12.7. The molecular formula is C23H22N2S. The maximum atomic E-state index is 7.51. The number of benzene rings is 2. The summed E-state index contributed by atoms with van der Waals surface area (Å²) in [6, 6.07) is 16.7. The zero-order chi connectivity index (χ0) is 18.5. The van der Waals surface area contributed by atoms with Gasteiger partial charge in [0.15, 0.2) is 0 Å². The van der Waals surface area contributed by atoms with Gasteiger partial charge in [0, 0.05) is 32.8 Å². The molecule has 1 aromatic heterocycles. The zero-order valence-corrected chi connectivity index (χ0v) is 15.7. The van der Waals surface area contributed by atoms with Crippen LogP contribution in [0.5, 0.6) is 0 Å². The van der Waals surface area contributed by atoms with Gasteiger partial charge in [0.2, 0.25) is 0 Å². The monoisotopic (exact) mass is 358 g/mol. The minimum Gasteiger partial charge on any atom is -0.310 e. The van der Waals surface area contributed by atoms with Crippen molar-refractivity contribution < 1.29 is 0 Å². The van der Waals surface area contributed by atoms with Crippen molar-refractivity contribution in [3.63, 3.8) is 0 Å². The number of para-hydroxylation sites is 1. The number of nitrogens with one attached hydrogen (secondary N) is 1. The molecule has 0 spiro atoms. The van der Waals surface area contributed by atoms with Crippen LogP contribution in [0.2, 0.25) is 0 Å². The quantitative estimate of drug-likeness (QED) is 0.376. The van der Waals surface area contributed by atoms with E-state index in [1.807, 2.05) is 31.2 Å². The molecule has 0 saturated heterocycles. The van der Waals surface area contributed by atoms with E-state index in [2.05, 4.69) is 72.3 Å². The Bertz CT molecular complexity index is 1100. The van der Waals surface area contributed by atoms with E-state index < -0.39 is 0 Å². The summed E-state index contributed by atoms with van der Waals surface area (Å²) in [7, 11) is 0. The Kier molecular flexibility index (Phi) is 5.59. The molecule has 130 valence electrons. The predicted molar refractivity (Wildman–Crippen MR) is 118 cm³/mol. The Labute approximate surface area is 159 Å². The largest absolute Gasteiger partial charge is 0.310 e. The van der Waals surface area contributed by atoms with Gasteiger partial charge in [-0.1, -0.05) is 48.6 Å². The fourth-order valence-corrected chi connectivity index (χ4v) is 3.45. The lowest BCUT2D eigenvalue weighted by Gasteiger charge is -2.08. The van der Waals surface area contributed by atoms with Gasteiger partial charge < -0.3 is 9.98 Å². The Hall–Kier alpha value is -2.78. The zero-order valence-electron chi connectivity index (χ0n) is 14.8. The molecule has 0 aliphatic rings. The van der Waals surface area contributed by atoms with Crippen LogP contribution in [0, 0.1) is 5.41 Å². The van der Waals surface area contributed by atoms with Crippen molar-refractivity contribution >= 4 is 46.8 Å². The number of hydrogen-bond acceptors (Lipinski definition) is 2. The first kappa shape index (κ1) is 18.0. The summed E-state index contributed by atoms with van der Waals surface area (Å²) < 4.78 is 2.24. The first-order valence-electron chi connectivity index (χ1n) is 8.58. The number of nitrogens with zero attached hydrogens (tertiary/aromatic N) is 1. The number of rotatable bonds is 5. The lowest BCUT2D eigenvalue weighted by molar-refractivity contribution is 1.07. The van der Waals surface area contributed by atoms with Crippen molar-refractivity contribution in [1.82, 2.24) is 4.57 Å². The Morgan fingerprint density at radius 3 is 2.54 bits per heavy atom. The van der Waals surface area contributed by atoms with Crippen LogP contribution in [0.15, 0.2) is 67.3 Å². The fourth-order valence-electron chi connectivity index (χ4n) is 3.20. The highest BCUT2D eigenvalue weighted by Gasteiger charge is 2.08. The van der Waals surface area contributed by atoms with E-state index in [1.54, 1.807) is 0 Å². The molecule has 0 radical (unpaired) electrons. The summed E-state index contributed by atoms with van der Waals surface area (Å²) in [5.41, 5.74) is 3.31. The number of fused-ring (bicyclic) bond motifs is 1. The standard InChI is InChI=1S/C23H22N2S/c1-3-5-10-23(26)17-11-13-18(14-12-17)25-21(4-2)20(15-16-24)19-8-6-7-9-22(19)25/h3-4,6-16,24,26H,1,5H2,2H3/b20-15-,21-4+,23-10-,24-16?. The minimum atomic E-state index is 0.806. The number of aromatic nitrogens is 1. The maximum absolute atomic E-state index is 7.51. The third kappa shape index (κ3) is 3.31. The van der Waals surface area contributed by atoms with Crippen LogP contribution in [-0.4, -0.2) is 10.8 Å². The summed E-state index contributed by atoms with van der Waals surface area (Å²) in [5, 5.41) is 10.8. The molecule has 0 unspecified atom stereocenters. The van der Waals surface area contributed by atoms with Crippen LogP contribution in [-0.2, 0) is 0 Å². The highest BCUT2D eigenvalue weighted by molar-refractivity contribution is 7.90. The molecule has 26 heavy (non-hydrogen) atoms. The second-order valence-corrected chi connectivity index (χ2v) is 6.42. The molecule has 0 aliphatic heterocycles. The molecular weight excluding hydrogens is 336 g/mol. The second-order valence-electron chi connectivity index (χ2n) is 5.93. The SMILES string of the molecule is C=CC/C=C(\S)c1ccc(-n2c(=C/C)/c(=C\C=N)c3ccccc32)cc1. The van der Waals surface area contributed by atoms with Crippen LogP contribution in [0.1, 0.15) is 18.9 Å². The summed E-state index contributed by atoms with van der Waals surface area (Å²) in [4.78, 5) is 0.953. The van der Waals surface area contributed by atoms with Crippen molar-refractivity contribution in [2.45, 2.75) is 13.3 Å². The second kappa shape index (κ2) is 8.07. The lowest BCUT2D eigenvalue weighted by atomic mass is 10.1. The normalized spacial score (nSPS) is 13.4. The smallest absolute Gasteiger partial charge is 0.0540 e. The van der Waals surface area contributed by atoms with Gasteiger partial charge in [-0.05, 0) is 43.2 Å². The molecule has 1 N–H and O–H groups in total. The van der Waals surface area contributed by atoms with Crippen LogP contribution < -0.4 is 10.6 Å². The van der Waals surface area contributed by atoms with Crippen molar-refractivity contribution in [3.8, 4) is 5.69 Å². The molecule has 0 bridgehead atoms. The average Bonchev–Trinajstić information content (AvgIpc) is 3.00.